The van der Waals surface area contributed by atoms with Crippen molar-refractivity contribution in [2.45, 2.75) is 105 Å². The SMILES string of the molecule is CCCCCCP(=O)([O-])CCCC.CCCCCCP(=O)([O-])CCCC.[Ca+2]. The topological polar surface area (TPSA) is 80.3 Å². The van der Waals surface area contributed by atoms with Crippen LogP contribution in [-0.2, 0) is 9.13 Å². The van der Waals surface area contributed by atoms with Crippen LogP contribution in [0.5, 0.6) is 0 Å². The largest absolute Gasteiger partial charge is 2.00 e. The van der Waals surface area contributed by atoms with Gasteiger partial charge in [0.25, 0.3) is 0 Å². The second-order valence-electron chi connectivity index (χ2n) is 7.35. The van der Waals surface area contributed by atoms with Gasteiger partial charge in [-0.25, -0.2) is 0 Å². The van der Waals surface area contributed by atoms with Gasteiger partial charge >= 0.3 is 37.7 Å². The minimum absolute atomic E-state index is 0. The van der Waals surface area contributed by atoms with Crippen molar-refractivity contribution >= 4 is 52.5 Å². The first-order valence-corrected chi connectivity index (χ1v) is 14.8. The summed E-state index contributed by atoms with van der Waals surface area (Å²) in [6, 6.07) is 0. The van der Waals surface area contributed by atoms with Crippen LogP contribution in [-0.4, -0.2) is 62.4 Å². The summed E-state index contributed by atoms with van der Waals surface area (Å²) in [5.41, 5.74) is 0. The van der Waals surface area contributed by atoms with Gasteiger partial charge in [-0.3, -0.25) is 0 Å². The molecule has 0 radical (unpaired) electrons. The van der Waals surface area contributed by atoms with Crippen LogP contribution in [0.3, 0.4) is 0 Å². The third-order valence-corrected chi connectivity index (χ3v) is 8.40. The van der Waals surface area contributed by atoms with Crippen molar-refractivity contribution in [3.63, 3.8) is 0 Å². The quantitative estimate of drug-likeness (QED) is 0.173. The molecule has 0 aliphatic carbocycles. The van der Waals surface area contributed by atoms with Crippen LogP contribution in [0.15, 0.2) is 0 Å². The molecule has 160 valence electrons. The zero-order chi connectivity index (χ0) is 20.3. The number of hydrogen-bond donors (Lipinski definition) is 0. The van der Waals surface area contributed by atoms with E-state index < -0.39 is 14.7 Å². The summed E-state index contributed by atoms with van der Waals surface area (Å²) in [6.07, 6.45) is 13.8. The van der Waals surface area contributed by atoms with E-state index in [-0.39, 0.29) is 37.7 Å². The van der Waals surface area contributed by atoms with Crippen molar-refractivity contribution in [1.29, 1.82) is 0 Å². The molecule has 0 aliphatic rings. The Bertz CT molecular complexity index is 356. The maximum absolute atomic E-state index is 11.4. The molecule has 2 unspecified atom stereocenters. The third-order valence-electron chi connectivity index (χ3n) is 4.41. The van der Waals surface area contributed by atoms with E-state index in [0.29, 0.717) is 24.6 Å². The summed E-state index contributed by atoms with van der Waals surface area (Å²) in [7, 11) is -6.00. The normalized spacial score (nSPS) is 15.0. The fourth-order valence-electron chi connectivity index (χ4n) is 2.58. The van der Waals surface area contributed by atoms with Crippen molar-refractivity contribution in [3.05, 3.63) is 0 Å². The van der Waals surface area contributed by atoms with Crippen LogP contribution >= 0.6 is 14.7 Å². The van der Waals surface area contributed by atoms with Crippen LogP contribution in [0, 0.1) is 0 Å². The van der Waals surface area contributed by atoms with Crippen molar-refractivity contribution in [2.75, 3.05) is 24.6 Å². The summed E-state index contributed by atoms with van der Waals surface area (Å²) >= 11 is 0. The molecule has 4 nitrogen and oxygen atoms in total. The summed E-state index contributed by atoms with van der Waals surface area (Å²) in [5, 5.41) is 0. The molecule has 0 aromatic rings. The third kappa shape index (κ3) is 27.6. The van der Waals surface area contributed by atoms with Gasteiger partial charge in [0.2, 0.25) is 0 Å². The predicted octanol–water partition coefficient (Wildman–Crippen LogP) is 5.63. The Balaban J connectivity index is -0.000000411. The average molecular weight is 451 g/mol. The molecule has 0 saturated carbocycles. The molecular formula is C20H44CaO4P2. The van der Waals surface area contributed by atoms with Crippen molar-refractivity contribution in [3.8, 4) is 0 Å². The summed E-state index contributed by atoms with van der Waals surface area (Å²) in [4.78, 5) is 22.8. The van der Waals surface area contributed by atoms with E-state index in [1.807, 2.05) is 13.8 Å². The van der Waals surface area contributed by atoms with Gasteiger partial charge in [0.1, 0.15) is 0 Å². The van der Waals surface area contributed by atoms with E-state index in [0.717, 1.165) is 77.0 Å². The first kappa shape index (κ1) is 33.3. The molecule has 2 atom stereocenters. The Hall–Kier alpha value is 1.64. The van der Waals surface area contributed by atoms with Crippen molar-refractivity contribution in [2.24, 2.45) is 0 Å². The molecule has 0 aromatic heterocycles. The Morgan fingerprint density at radius 3 is 1.00 bits per heavy atom. The van der Waals surface area contributed by atoms with Crippen LogP contribution in [0.2, 0.25) is 0 Å². The Morgan fingerprint density at radius 2 is 0.741 bits per heavy atom. The molecule has 0 N–H and O–H groups in total. The molecule has 0 aliphatic heterocycles. The standard InChI is InChI=1S/2C10H23O2P.Ca/c2*1-3-5-7-8-10-13(11,12)9-6-4-2;/h2*3-10H2,1-2H3,(H,11,12);/q;;+2/p-2. The van der Waals surface area contributed by atoms with Crippen LogP contribution in [0.4, 0.5) is 0 Å². The molecule has 0 bridgehead atoms. The summed E-state index contributed by atoms with van der Waals surface area (Å²) in [6.45, 7) is 8.32. The zero-order valence-electron chi connectivity index (χ0n) is 18.5. The number of hydrogen-bond acceptors (Lipinski definition) is 4. The van der Waals surface area contributed by atoms with Crippen molar-refractivity contribution < 1.29 is 18.9 Å². The molecule has 7 heteroatoms. The van der Waals surface area contributed by atoms with Gasteiger partial charge in [-0.2, -0.15) is 0 Å². The first-order valence-electron chi connectivity index (χ1n) is 10.8. The minimum Gasteiger partial charge on any atom is -0.799 e. The molecule has 0 rings (SSSR count). The van der Waals surface area contributed by atoms with Gasteiger partial charge < -0.3 is 18.9 Å². The number of unbranched alkanes of at least 4 members (excludes halogenated alkanes) is 8. The zero-order valence-corrected chi connectivity index (χ0v) is 22.5. The van der Waals surface area contributed by atoms with Gasteiger partial charge in [-0.05, 0) is 50.3 Å². The molecular weight excluding hydrogens is 406 g/mol. The average Bonchev–Trinajstić information content (AvgIpc) is 2.60. The van der Waals surface area contributed by atoms with Gasteiger partial charge in [0.15, 0.2) is 0 Å². The van der Waals surface area contributed by atoms with E-state index >= 15 is 0 Å². The van der Waals surface area contributed by atoms with Gasteiger partial charge in [0.05, 0.1) is 0 Å². The summed E-state index contributed by atoms with van der Waals surface area (Å²) < 4.78 is 22.8. The van der Waals surface area contributed by atoms with Gasteiger partial charge in [0, 0.05) is 14.7 Å². The van der Waals surface area contributed by atoms with E-state index in [1.54, 1.807) is 0 Å². The van der Waals surface area contributed by atoms with Crippen LogP contribution in [0.25, 0.3) is 0 Å². The minimum atomic E-state index is -3.00. The molecule has 0 aromatic carbocycles. The van der Waals surface area contributed by atoms with Gasteiger partial charge in [-0.1, -0.05) is 79.1 Å². The van der Waals surface area contributed by atoms with E-state index in [9.17, 15) is 18.9 Å². The second kappa shape index (κ2) is 22.3. The smallest absolute Gasteiger partial charge is 0.799 e. The molecule has 0 spiro atoms. The monoisotopic (exact) mass is 450 g/mol. The molecule has 0 amide bonds. The fourth-order valence-corrected chi connectivity index (χ4v) is 6.03. The summed E-state index contributed by atoms with van der Waals surface area (Å²) in [5.74, 6) is 0. The molecule has 0 fully saturated rings. The van der Waals surface area contributed by atoms with Crippen LogP contribution in [0.1, 0.15) is 105 Å². The second-order valence-corrected chi connectivity index (χ2v) is 12.4. The maximum Gasteiger partial charge on any atom is 2.00 e. The van der Waals surface area contributed by atoms with Crippen LogP contribution < -0.4 is 9.79 Å². The Labute approximate surface area is 199 Å². The molecule has 27 heavy (non-hydrogen) atoms. The number of rotatable bonds is 16. The van der Waals surface area contributed by atoms with E-state index in [4.69, 9.17) is 0 Å². The molecule has 0 saturated heterocycles. The molecule has 0 heterocycles. The Morgan fingerprint density at radius 1 is 0.481 bits per heavy atom. The van der Waals surface area contributed by atoms with Gasteiger partial charge in [-0.15, -0.1) is 0 Å². The fraction of sp³-hybridized carbons (Fsp3) is 1.00. The van der Waals surface area contributed by atoms with Crippen molar-refractivity contribution in [1.82, 2.24) is 0 Å². The Kier molecular flexibility index (Phi) is 27.5. The van der Waals surface area contributed by atoms with E-state index in [1.165, 1.54) is 0 Å². The van der Waals surface area contributed by atoms with E-state index in [2.05, 4.69) is 13.8 Å². The predicted molar refractivity (Wildman–Crippen MR) is 119 cm³/mol. The first-order chi connectivity index (χ1) is 12.2. The maximum atomic E-state index is 11.4.